The van der Waals surface area contributed by atoms with E-state index in [0.717, 1.165) is 24.2 Å². The van der Waals surface area contributed by atoms with Crippen LogP contribution in [0, 0.1) is 0 Å². The van der Waals surface area contributed by atoms with Gasteiger partial charge in [-0.3, -0.25) is 4.68 Å². The van der Waals surface area contributed by atoms with Crippen LogP contribution in [0.2, 0.25) is 5.15 Å². The van der Waals surface area contributed by atoms with E-state index < -0.39 is 0 Å². The van der Waals surface area contributed by atoms with E-state index in [-0.39, 0.29) is 0 Å². The second-order valence-electron chi connectivity index (χ2n) is 3.23. The molecule has 0 saturated heterocycles. The standard InChI is InChI=1S/C10H11ClN4/c1-2-5-15-7-8(6-12-15)9-3-4-10(11)14-13-9/h3-4,6-7H,2,5H2,1H3. The molecule has 2 aromatic rings. The Morgan fingerprint density at radius 3 is 2.87 bits per heavy atom. The monoisotopic (exact) mass is 222 g/mol. The van der Waals surface area contributed by atoms with Gasteiger partial charge >= 0.3 is 0 Å². The Hall–Kier alpha value is -1.42. The topological polar surface area (TPSA) is 43.6 Å². The fraction of sp³-hybridized carbons (Fsp3) is 0.300. The van der Waals surface area contributed by atoms with Crippen molar-refractivity contribution in [2.75, 3.05) is 0 Å². The highest BCUT2D eigenvalue weighted by Gasteiger charge is 2.03. The molecule has 2 aromatic heterocycles. The minimum Gasteiger partial charge on any atom is -0.272 e. The van der Waals surface area contributed by atoms with E-state index in [2.05, 4.69) is 22.2 Å². The van der Waals surface area contributed by atoms with Crippen LogP contribution in [0.1, 0.15) is 13.3 Å². The SMILES string of the molecule is CCCn1cc(-c2ccc(Cl)nn2)cn1. The Morgan fingerprint density at radius 1 is 1.33 bits per heavy atom. The number of aryl methyl sites for hydroxylation is 1. The summed E-state index contributed by atoms with van der Waals surface area (Å²) in [7, 11) is 0. The van der Waals surface area contributed by atoms with Gasteiger partial charge in [0.2, 0.25) is 0 Å². The Balaban J connectivity index is 2.25. The maximum atomic E-state index is 5.66. The molecule has 0 aromatic carbocycles. The number of aromatic nitrogens is 4. The van der Waals surface area contributed by atoms with Crippen LogP contribution in [0.25, 0.3) is 11.3 Å². The van der Waals surface area contributed by atoms with Gasteiger partial charge in [-0.05, 0) is 18.6 Å². The van der Waals surface area contributed by atoms with Gasteiger partial charge in [-0.2, -0.15) is 5.10 Å². The van der Waals surface area contributed by atoms with Crippen molar-refractivity contribution in [1.29, 1.82) is 0 Å². The zero-order chi connectivity index (χ0) is 10.7. The number of nitrogens with zero attached hydrogens (tertiary/aromatic N) is 4. The van der Waals surface area contributed by atoms with Crippen LogP contribution in [0.4, 0.5) is 0 Å². The second kappa shape index (κ2) is 4.40. The maximum Gasteiger partial charge on any atom is 0.151 e. The third-order valence-corrected chi connectivity index (χ3v) is 2.22. The largest absolute Gasteiger partial charge is 0.272 e. The van der Waals surface area contributed by atoms with Crippen molar-refractivity contribution in [2.45, 2.75) is 19.9 Å². The highest BCUT2D eigenvalue weighted by molar-refractivity contribution is 6.29. The first-order valence-electron chi connectivity index (χ1n) is 4.81. The molecule has 15 heavy (non-hydrogen) atoms. The quantitative estimate of drug-likeness (QED) is 0.801. The smallest absolute Gasteiger partial charge is 0.151 e. The van der Waals surface area contributed by atoms with Crippen LogP contribution in [0.3, 0.4) is 0 Å². The fourth-order valence-electron chi connectivity index (χ4n) is 1.32. The molecular formula is C10H11ClN4. The molecule has 2 heterocycles. The highest BCUT2D eigenvalue weighted by Crippen LogP contribution is 2.16. The first kappa shape index (κ1) is 10.1. The predicted octanol–water partition coefficient (Wildman–Crippen LogP) is 2.40. The lowest BCUT2D eigenvalue weighted by Crippen LogP contribution is -1.95. The van der Waals surface area contributed by atoms with Crippen molar-refractivity contribution in [2.24, 2.45) is 0 Å². The normalized spacial score (nSPS) is 10.5. The van der Waals surface area contributed by atoms with Gasteiger partial charge in [-0.15, -0.1) is 10.2 Å². The van der Waals surface area contributed by atoms with Crippen molar-refractivity contribution in [1.82, 2.24) is 20.0 Å². The lowest BCUT2D eigenvalue weighted by molar-refractivity contribution is 0.603. The van der Waals surface area contributed by atoms with Gasteiger partial charge in [-0.1, -0.05) is 18.5 Å². The average Bonchev–Trinajstić information content (AvgIpc) is 2.68. The number of rotatable bonds is 3. The molecule has 5 heteroatoms. The molecule has 2 rings (SSSR count). The van der Waals surface area contributed by atoms with Gasteiger partial charge in [-0.25, -0.2) is 0 Å². The summed E-state index contributed by atoms with van der Waals surface area (Å²) in [4.78, 5) is 0. The molecule has 0 atom stereocenters. The first-order valence-corrected chi connectivity index (χ1v) is 5.19. The van der Waals surface area contributed by atoms with Gasteiger partial charge in [0, 0.05) is 18.3 Å². The van der Waals surface area contributed by atoms with E-state index in [1.165, 1.54) is 0 Å². The Bertz CT molecular complexity index is 435. The van der Waals surface area contributed by atoms with Crippen LogP contribution < -0.4 is 0 Å². The van der Waals surface area contributed by atoms with Crippen molar-refractivity contribution in [3.63, 3.8) is 0 Å². The number of hydrogen-bond acceptors (Lipinski definition) is 3. The fourth-order valence-corrected chi connectivity index (χ4v) is 1.42. The van der Waals surface area contributed by atoms with Gasteiger partial charge in [0.05, 0.1) is 11.9 Å². The molecule has 0 aliphatic heterocycles. The van der Waals surface area contributed by atoms with Crippen molar-refractivity contribution >= 4 is 11.6 Å². The summed E-state index contributed by atoms with van der Waals surface area (Å²) in [5.41, 5.74) is 1.76. The zero-order valence-electron chi connectivity index (χ0n) is 8.39. The predicted molar refractivity (Wildman–Crippen MR) is 58.6 cm³/mol. The van der Waals surface area contributed by atoms with Crippen molar-refractivity contribution < 1.29 is 0 Å². The summed E-state index contributed by atoms with van der Waals surface area (Å²) in [6.45, 7) is 3.03. The lowest BCUT2D eigenvalue weighted by Gasteiger charge is -1.95. The summed E-state index contributed by atoms with van der Waals surface area (Å²) in [5, 5.41) is 12.4. The summed E-state index contributed by atoms with van der Waals surface area (Å²) >= 11 is 5.66. The van der Waals surface area contributed by atoms with E-state index in [1.807, 2.05) is 16.9 Å². The Morgan fingerprint density at radius 2 is 2.20 bits per heavy atom. The van der Waals surface area contributed by atoms with E-state index >= 15 is 0 Å². The third kappa shape index (κ3) is 2.33. The highest BCUT2D eigenvalue weighted by atomic mass is 35.5. The van der Waals surface area contributed by atoms with Crippen LogP contribution in [0.5, 0.6) is 0 Å². The summed E-state index contributed by atoms with van der Waals surface area (Å²) in [5.74, 6) is 0. The molecule has 0 spiro atoms. The van der Waals surface area contributed by atoms with Gasteiger partial charge in [0.15, 0.2) is 5.15 Å². The molecule has 0 amide bonds. The van der Waals surface area contributed by atoms with Crippen LogP contribution in [-0.2, 0) is 6.54 Å². The molecule has 0 saturated carbocycles. The van der Waals surface area contributed by atoms with Crippen molar-refractivity contribution in [3.8, 4) is 11.3 Å². The van der Waals surface area contributed by atoms with Crippen LogP contribution in [-0.4, -0.2) is 20.0 Å². The average molecular weight is 223 g/mol. The summed E-state index contributed by atoms with van der Waals surface area (Å²) < 4.78 is 1.89. The molecule has 78 valence electrons. The molecular weight excluding hydrogens is 212 g/mol. The molecule has 0 bridgehead atoms. The first-order chi connectivity index (χ1) is 7.29. The minimum absolute atomic E-state index is 0.403. The van der Waals surface area contributed by atoms with Crippen LogP contribution >= 0.6 is 11.6 Å². The second-order valence-corrected chi connectivity index (χ2v) is 3.62. The number of halogens is 1. The maximum absolute atomic E-state index is 5.66. The Labute approximate surface area is 92.9 Å². The van der Waals surface area contributed by atoms with Gasteiger partial charge in [0.1, 0.15) is 0 Å². The number of hydrogen-bond donors (Lipinski definition) is 0. The molecule has 0 aliphatic rings. The van der Waals surface area contributed by atoms with Gasteiger partial charge < -0.3 is 0 Å². The minimum atomic E-state index is 0.403. The van der Waals surface area contributed by atoms with E-state index in [0.29, 0.717) is 5.15 Å². The molecule has 0 fully saturated rings. The van der Waals surface area contributed by atoms with Gasteiger partial charge in [0.25, 0.3) is 0 Å². The summed E-state index contributed by atoms with van der Waals surface area (Å²) in [6.07, 6.45) is 4.81. The molecule has 0 radical (unpaired) electrons. The Kier molecular flexibility index (Phi) is 2.97. The summed E-state index contributed by atoms with van der Waals surface area (Å²) in [6, 6.07) is 3.56. The molecule has 4 nitrogen and oxygen atoms in total. The van der Waals surface area contributed by atoms with E-state index in [4.69, 9.17) is 11.6 Å². The zero-order valence-corrected chi connectivity index (χ0v) is 9.15. The van der Waals surface area contributed by atoms with E-state index in [9.17, 15) is 0 Å². The third-order valence-electron chi connectivity index (χ3n) is 2.01. The lowest BCUT2D eigenvalue weighted by atomic mass is 10.2. The molecule has 0 unspecified atom stereocenters. The molecule has 0 aliphatic carbocycles. The van der Waals surface area contributed by atoms with Crippen molar-refractivity contribution in [3.05, 3.63) is 29.7 Å². The van der Waals surface area contributed by atoms with Crippen LogP contribution in [0.15, 0.2) is 24.5 Å². The molecule has 0 N–H and O–H groups in total. The van der Waals surface area contributed by atoms with E-state index in [1.54, 1.807) is 12.3 Å².